The molecule has 0 saturated carbocycles. The van der Waals surface area contributed by atoms with Crippen molar-refractivity contribution in [2.24, 2.45) is 0 Å². The van der Waals surface area contributed by atoms with Gasteiger partial charge >= 0.3 is 6.18 Å². The second kappa shape index (κ2) is 7.96. The Morgan fingerprint density at radius 3 is 2.61 bits per heavy atom. The van der Waals surface area contributed by atoms with Crippen LogP contribution in [0.25, 0.3) is 11.3 Å². The summed E-state index contributed by atoms with van der Waals surface area (Å²) >= 11 is 0. The first-order valence-electron chi connectivity index (χ1n) is 8.08. The number of aromatic amines is 1. The predicted molar refractivity (Wildman–Crippen MR) is 94.6 cm³/mol. The lowest BCUT2D eigenvalue weighted by molar-refractivity contribution is -0.137. The van der Waals surface area contributed by atoms with E-state index in [9.17, 15) is 22.4 Å². The molecule has 142 valence electrons. The van der Waals surface area contributed by atoms with Crippen LogP contribution in [0.5, 0.6) is 0 Å². The molecule has 0 spiro atoms. The summed E-state index contributed by atoms with van der Waals surface area (Å²) in [5.74, 6) is 4.32. The summed E-state index contributed by atoms with van der Waals surface area (Å²) in [4.78, 5) is 12.3. The molecule has 0 unspecified atom stereocenters. The molecule has 1 aromatic heterocycles. The largest absolute Gasteiger partial charge is 0.416 e. The molecule has 0 saturated heterocycles. The Bertz CT molecular complexity index is 1040. The first kappa shape index (κ1) is 19.2. The van der Waals surface area contributed by atoms with Crippen LogP contribution in [-0.2, 0) is 6.18 Å². The van der Waals surface area contributed by atoms with Crippen LogP contribution >= 0.6 is 0 Å². The van der Waals surface area contributed by atoms with Gasteiger partial charge in [-0.25, -0.2) is 4.39 Å². The summed E-state index contributed by atoms with van der Waals surface area (Å²) in [6, 6.07) is 10.2. The highest BCUT2D eigenvalue weighted by molar-refractivity contribution is 5.99. The molecule has 1 heterocycles. The van der Waals surface area contributed by atoms with Gasteiger partial charge in [-0.15, -0.1) is 0 Å². The van der Waals surface area contributed by atoms with Crippen LogP contribution in [0.15, 0.2) is 54.7 Å². The summed E-state index contributed by atoms with van der Waals surface area (Å²) in [6.07, 6.45) is -3.11. The van der Waals surface area contributed by atoms with Gasteiger partial charge in [-0.2, -0.15) is 18.3 Å². The average molecular weight is 387 g/mol. The maximum atomic E-state index is 13.0. The van der Waals surface area contributed by atoms with E-state index in [1.165, 1.54) is 42.6 Å². The lowest BCUT2D eigenvalue weighted by atomic mass is 10.1. The van der Waals surface area contributed by atoms with Crippen LogP contribution in [0, 0.1) is 17.7 Å². The Kier molecular flexibility index (Phi) is 5.45. The molecule has 0 bridgehead atoms. The minimum Gasteiger partial charge on any atom is -0.341 e. The van der Waals surface area contributed by atoms with E-state index in [1.807, 2.05) is 0 Å². The number of nitrogens with zero attached hydrogens (tertiary/aromatic N) is 1. The second-order valence-corrected chi connectivity index (χ2v) is 5.73. The monoisotopic (exact) mass is 387 g/mol. The van der Waals surface area contributed by atoms with Crippen molar-refractivity contribution >= 4 is 5.91 Å². The maximum absolute atomic E-state index is 13.0. The molecule has 0 atom stereocenters. The van der Waals surface area contributed by atoms with E-state index in [4.69, 9.17) is 0 Å². The molecule has 0 radical (unpaired) electrons. The SMILES string of the molecule is O=C(NCC#Cc1cccc(C(F)(F)F)c1)c1cn[nH]c1-c1ccc(F)cc1. The van der Waals surface area contributed by atoms with Gasteiger partial charge in [-0.1, -0.05) is 17.9 Å². The number of amides is 1. The highest BCUT2D eigenvalue weighted by atomic mass is 19.4. The van der Waals surface area contributed by atoms with Crippen molar-refractivity contribution in [3.8, 4) is 23.1 Å². The Morgan fingerprint density at radius 2 is 1.89 bits per heavy atom. The van der Waals surface area contributed by atoms with E-state index in [1.54, 1.807) is 0 Å². The topological polar surface area (TPSA) is 57.8 Å². The highest BCUT2D eigenvalue weighted by Gasteiger charge is 2.30. The number of hydrogen-bond acceptors (Lipinski definition) is 2. The Morgan fingerprint density at radius 1 is 1.14 bits per heavy atom. The summed E-state index contributed by atoms with van der Waals surface area (Å²) in [7, 11) is 0. The Balaban J connectivity index is 1.66. The van der Waals surface area contributed by atoms with Gasteiger partial charge in [0.15, 0.2) is 0 Å². The average Bonchev–Trinajstić information content (AvgIpc) is 3.15. The van der Waals surface area contributed by atoms with Crippen molar-refractivity contribution in [2.75, 3.05) is 6.54 Å². The molecule has 28 heavy (non-hydrogen) atoms. The summed E-state index contributed by atoms with van der Waals surface area (Å²) in [5, 5.41) is 9.06. The van der Waals surface area contributed by atoms with Gasteiger partial charge in [0.1, 0.15) is 5.82 Å². The molecule has 4 nitrogen and oxygen atoms in total. The van der Waals surface area contributed by atoms with Gasteiger partial charge in [0.25, 0.3) is 5.91 Å². The lowest BCUT2D eigenvalue weighted by Gasteiger charge is -2.05. The van der Waals surface area contributed by atoms with Crippen LogP contribution in [0.2, 0.25) is 0 Å². The number of rotatable bonds is 3. The van der Waals surface area contributed by atoms with Crippen molar-refractivity contribution in [2.45, 2.75) is 6.18 Å². The van der Waals surface area contributed by atoms with Gasteiger partial charge in [-0.3, -0.25) is 9.89 Å². The van der Waals surface area contributed by atoms with Crippen LogP contribution in [0.4, 0.5) is 17.6 Å². The fourth-order valence-electron chi connectivity index (χ4n) is 2.43. The quantitative estimate of drug-likeness (QED) is 0.527. The number of halogens is 4. The minimum absolute atomic E-state index is 0.0664. The lowest BCUT2D eigenvalue weighted by Crippen LogP contribution is -2.23. The molecule has 1 amide bonds. The van der Waals surface area contributed by atoms with Crippen molar-refractivity contribution < 1.29 is 22.4 Å². The molecule has 0 aliphatic rings. The van der Waals surface area contributed by atoms with Gasteiger partial charge < -0.3 is 5.32 Å². The third-order valence-electron chi connectivity index (χ3n) is 3.78. The molecular formula is C20H13F4N3O. The van der Waals surface area contributed by atoms with Crippen LogP contribution in [-0.4, -0.2) is 22.6 Å². The summed E-state index contributed by atoms with van der Waals surface area (Å²) in [6.45, 7) is -0.0664. The zero-order valence-corrected chi connectivity index (χ0v) is 14.3. The molecule has 8 heteroatoms. The van der Waals surface area contributed by atoms with Gasteiger partial charge in [0.2, 0.25) is 0 Å². The highest BCUT2D eigenvalue weighted by Crippen LogP contribution is 2.29. The number of carbonyl (C=O) groups excluding carboxylic acids is 1. The van der Waals surface area contributed by atoms with Gasteiger partial charge in [0, 0.05) is 11.1 Å². The first-order chi connectivity index (χ1) is 13.3. The number of aromatic nitrogens is 2. The van der Waals surface area contributed by atoms with E-state index in [0.717, 1.165) is 12.1 Å². The van der Waals surface area contributed by atoms with E-state index < -0.39 is 23.5 Å². The molecule has 3 rings (SSSR count). The minimum atomic E-state index is -4.44. The van der Waals surface area contributed by atoms with Crippen LogP contribution in [0.3, 0.4) is 0 Å². The zero-order chi connectivity index (χ0) is 20.1. The van der Waals surface area contributed by atoms with E-state index in [-0.39, 0.29) is 17.7 Å². The number of benzene rings is 2. The molecule has 3 aromatic rings. The molecule has 0 aliphatic heterocycles. The molecule has 0 fully saturated rings. The number of hydrogen-bond donors (Lipinski definition) is 2. The zero-order valence-electron chi connectivity index (χ0n) is 14.3. The van der Waals surface area contributed by atoms with E-state index >= 15 is 0 Å². The van der Waals surface area contributed by atoms with Gasteiger partial charge in [-0.05, 0) is 42.5 Å². The normalized spacial score (nSPS) is 10.9. The molecular weight excluding hydrogens is 374 g/mol. The summed E-state index contributed by atoms with van der Waals surface area (Å²) in [5.41, 5.74) is 0.653. The fourth-order valence-corrected chi connectivity index (χ4v) is 2.43. The third-order valence-corrected chi connectivity index (χ3v) is 3.78. The fraction of sp³-hybridized carbons (Fsp3) is 0.100. The van der Waals surface area contributed by atoms with Crippen LogP contribution < -0.4 is 5.32 Å². The van der Waals surface area contributed by atoms with Crippen LogP contribution in [0.1, 0.15) is 21.5 Å². The molecule has 2 N–H and O–H groups in total. The number of H-pyrrole nitrogens is 1. The van der Waals surface area contributed by atoms with Gasteiger partial charge in [0.05, 0.1) is 29.6 Å². The smallest absolute Gasteiger partial charge is 0.341 e. The Hall–Kier alpha value is -3.60. The number of alkyl halides is 3. The van der Waals surface area contributed by atoms with Crippen molar-refractivity contribution in [3.05, 3.63) is 77.2 Å². The van der Waals surface area contributed by atoms with Crippen molar-refractivity contribution in [1.82, 2.24) is 15.5 Å². The van der Waals surface area contributed by atoms with Crippen molar-refractivity contribution in [1.29, 1.82) is 0 Å². The third kappa shape index (κ3) is 4.57. The molecule has 2 aromatic carbocycles. The number of carbonyl (C=O) groups is 1. The maximum Gasteiger partial charge on any atom is 0.416 e. The van der Waals surface area contributed by atoms with Crippen molar-refractivity contribution in [3.63, 3.8) is 0 Å². The number of nitrogens with one attached hydrogen (secondary N) is 2. The van der Waals surface area contributed by atoms with E-state index in [0.29, 0.717) is 11.3 Å². The van der Waals surface area contributed by atoms with E-state index in [2.05, 4.69) is 27.4 Å². The predicted octanol–water partition coefficient (Wildman–Crippen LogP) is 4.02. The Labute approximate surface area is 157 Å². The second-order valence-electron chi connectivity index (χ2n) is 5.73. The molecule has 0 aliphatic carbocycles. The first-order valence-corrected chi connectivity index (χ1v) is 8.08. The summed E-state index contributed by atoms with van der Waals surface area (Å²) < 4.78 is 51.1. The standard InChI is InChI=1S/C20H13F4N3O/c21-16-8-6-14(7-9-16)18-17(12-26-27-18)19(28)25-10-2-4-13-3-1-5-15(11-13)20(22,23)24/h1,3,5-9,11-12H,10H2,(H,25,28)(H,26,27).